The molecule has 2 aliphatic rings. The lowest BCUT2D eigenvalue weighted by Crippen LogP contribution is -2.28. The molecule has 0 N–H and O–H groups in total. The number of anilines is 1. The van der Waals surface area contributed by atoms with Gasteiger partial charge in [0.2, 0.25) is 0 Å². The fourth-order valence-electron chi connectivity index (χ4n) is 5.52. The van der Waals surface area contributed by atoms with E-state index in [2.05, 4.69) is 68.4 Å². The average molecular weight is 451 g/mol. The van der Waals surface area contributed by atoms with Crippen molar-refractivity contribution in [1.29, 1.82) is 0 Å². The summed E-state index contributed by atoms with van der Waals surface area (Å²) in [5.74, 6) is -0.278. The molecule has 4 rings (SSSR count). The molecular formula is C28H35FN2S. The zero-order valence-corrected chi connectivity index (χ0v) is 21.3. The third kappa shape index (κ3) is 3.71. The van der Waals surface area contributed by atoms with Crippen LogP contribution in [0.4, 0.5) is 10.1 Å². The smallest absolute Gasteiger partial charge is 0.141 e. The highest BCUT2D eigenvalue weighted by molar-refractivity contribution is 8.00. The predicted octanol–water partition coefficient (Wildman–Crippen LogP) is 8.38. The Morgan fingerprint density at radius 3 is 2.59 bits per heavy atom. The number of aromatic nitrogens is 1. The predicted molar refractivity (Wildman–Crippen MR) is 138 cm³/mol. The normalized spacial score (nSPS) is 19.7. The highest BCUT2D eigenvalue weighted by Crippen LogP contribution is 2.53. The summed E-state index contributed by atoms with van der Waals surface area (Å²) in [6.45, 7) is 13.5. The first-order valence-electron chi connectivity index (χ1n) is 11.7. The van der Waals surface area contributed by atoms with Crippen LogP contribution in [0.1, 0.15) is 80.8 Å². The molecule has 0 saturated heterocycles. The Kier molecular flexibility index (Phi) is 6.28. The Labute approximate surface area is 197 Å². The zero-order valence-electron chi connectivity index (χ0n) is 20.5. The van der Waals surface area contributed by atoms with Crippen LogP contribution in [0.3, 0.4) is 0 Å². The highest BCUT2D eigenvalue weighted by Gasteiger charge is 2.36. The SMILES string of the molecule is C/C=C\C1c2cc(F)cnc2-c2c(C)c(C3=CCC(C)(C)CC3)c(CC)c(C)c2N1SC. The summed E-state index contributed by atoms with van der Waals surface area (Å²) in [4.78, 5) is 4.66. The van der Waals surface area contributed by atoms with Crippen molar-refractivity contribution in [2.45, 2.75) is 73.3 Å². The second-order valence-electron chi connectivity index (χ2n) is 9.85. The Morgan fingerprint density at radius 2 is 2.00 bits per heavy atom. The Hall–Kier alpha value is -2.07. The quantitative estimate of drug-likeness (QED) is 0.344. The topological polar surface area (TPSA) is 16.1 Å². The molecule has 1 aromatic heterocycles. The van der Waals surface area contributed by atoms with E-state index in [4.69, 9.17) is 0 Å². The van der Waals surface area contributed by atoms with Gasteiger partial charge in [-0.3, -0.25) is 4.98 Å². The lowest BCUT2D eigenvalue weighted by Gasteiger charge is -2.40. The molecule has 1 aromatic carbocycles. The molecule has 0 saturated carbocycles. The lowest BCUT2D eigenvalue weighted by molar-refractivity contribution is 0.335. The molecule has 2 aromatic rings. The van der Waals surface area contributed by atoms with Crippen LogP contribution >= 0.6 is 11.9 Å². The van der Waals surface area contributed by atoms with E-state index >= 15 is 0 Å². The van der Waals surface area contributed by atoms with Gasteiger partial charge in [0.15, 0.2) is 0 Å². The van der Waals surface area contributed by atoms with Gasteiger partial charge >= 0.3 is 0 Å². The molecule has 2 heterocycles. The summed E-state index contributed by atoms with van der Waals surface area (Å²) in [6, 6.07) is 1.63. The van der Waals surface area contributed by atoms with Gasteiger partial charge < -0.3 is 4.31 Å². The van der Waals surface area contributed by atoms with E-state index in [9.17, 15) is 4.39 Å². The summed E-state index contributed by atoms with van der Waals surface area (Å²) < 4.78 is 16.7. The minimum absolute atomic E-state index is 0.0379. The Balaban J connectivity index is 2.06. The second kappa shape index (κ2) is 8.70. The number of nitrogens with zero attached hydrogens (tertiary/aromatic N) is 2. The number of fused-ring (bicyclic) bond motifs is 3. The van der Waals surface area contributed by atoms with Gasteiger partial charge in [-0.25, -0.2) is 4.39 Å². The summed E-state index contributed by atoms with van der Waals surface area (Å²) in [5.41, 5.74) is 11.6. The fraction of sp³-hybridized carbons (Fsp3) is 0.464. The molecular weight excluding hydrogens is 415 g/mol. The van der Waals surface area contributed by atoms with Gasteiger partial charge in [-0.15, -0.1) is 0 Å². The van der Waals surface area contributed by atoms with Crippen LogP contribution in [0.25, 0.3) is 16.8 Å². The number of halogens is 1. The number of benzene rings is 1. The third-order valence-electron chi connectivity index (χ3n) is 7.23. The van der Waals surface area contributed by atoms with Gasteiger partial charge in [-0.1, -0.05) is 50.9 Å². The third-order valence-corrected chi connectivity index (χ3v) is 8.03. The maximum atomic E-state index is 14.3. The molecule has 1 aliphatic carbocycles. The number of hydrogen-bond acceptors (Lipinski definition) is 3. The molecule has 0 spiro atoms. The minimum Gasteiger partial charge on any atom is -0.304 e. The van der Waals surface area contributed by atoms with Crippen LogP contribution in [0, 0.1) is 25.1 Å². The van der Waals surface area contributed by atoms with E-state index < -0.39 is 0 Å². The number of pyridine rings is 1. The first-order valence-corrected chi connectivity index (χ1v) is 12.9. The van der Waals surface area contributed by atoms with E-state index in [0.29, 0.717) is 5.41 Å². The molecule has 1 unspecified atom stereocenters. The molecule has 1 atom stereocenters. The van der Waals surface area contributed by atoms with Gasteiger partial charge in [0, 0.05) is 17.4 Å². The van der Waals surface area contributed by atoms with Crippen LogP contribution in [0.5, 0.6) is 0 Å². The van der Waals surface area contributed by atoms with Crippen molar-refractivity contribution in [2.75, 3.05) is 10.6 Å². The highest BCUT2D eigenvalue weighted by atomic mass is 32.2. The van der Waals surface area contributed by atoms with Crippen molar-refractivity contribution in [3.8, 4) is 11.3 Å². The second-order valence-corrected chi connectivity index (χ2v) is 10.6. The monoisotopic (exact) mass is 450 g/mol. The maximum absolute atomic E-state index is 14.3. The van der Waals surface area contributed by atoms with Gasteiger partial charge in [0.1, 0.15) is 5.82 Å². The Morgan fingerprint density at radius 1 is 1.25 bits per heavy atom. The van der Waals surface area contributed by atoms with Crippen LogP contribution in [0.2, 0.25) is 0 Å². The molecule has 4 heteroatoms. The first kappa shape index (κ1) is 23.1. The molecule has 32 heavy (non-hydrogen) atoms. The molecule has 0 fully saturated rings. The van der Waals surface area contributed by atoms with E-state index in [1.165, 1.54) is 51.7 Å². The maximum Gasteiger partial charge on any atom is 0.141 e. The lowest BCUT2D eigenvalue weighted by atomic mass is 9.74. The van der Waals surface area contributed by atoms with Gasteiger partial charge in [0.05, 0.1) is 23.6 Å². The summed E-state index contributed by atoms with van der Waals surface area (Å²) >= 11 is 1.71. The summed E-state index contributed by atoms with van der Waals surface area (Å²) in [5, 5.41) is 0. The van der Waals surface area contributed by atoms with E-state index in [-0.39, 0.29) is 11.9 Å². The average Bonchev–Trinajstić information content (AvgIpc) is 2.76. The van der Waals surface area contributed by atoms with Crippen LogP contribution in [-0.2, 0) is 6.42 Å². The first-order chi connectivity index (χ1) is 15.2. The minimum atomic E-state index is -0.278. The van der Waals surface area contributed by atoms with E-state index in [0.717, 1.165) is 30.5 Å². The van der Waals surface area contributed by atoms with Crippen LogP contribution < -0.4 is 4.31 Å². The standard InChI is InChI=1S/C28H35FN2S/c1-8-10-23-22-15-20(29)16-30-26(22)25-18(4)24(19-11-13-28(5,6)14-12-19)21(9-2)17(3)27(25)31(23)32-7/h8,10-11,15-16,23H,9,12-14H2,1-7H3/b10-8-. The van der Waals surface area contributed by atoms with Crippen molar-refractivity contribution in [2.24, 2.45) is 5.41 Å². The summed E-state index contributed by atoms with van der Waals surface area (Å²) in [6.07, 6.45) is 14.6. The van der Waals surface area contributed by atoms with E-state index in [1.807, 2.05) is 6.92 Å². The van der Waals surface area contributed by atoms with E-state index in [1.54, 1.807) is 18.0 Å². The van der Waals surface area contributed by atoms with Crippen LogP contribution in [0.15, 0.2) is 30.5 Å². The van der Waals surface area contributed by atoms with Crippen molar-refractivity contribution in [1.82, 2.24) is 4.98 Å². The molecule has 1 aliphatic heterocycles. The largest absolute Gasteiger partial charge is 0.304 e. The Bertz CT molecular complexity index is 1110. The zero-order chi connectivity index (χ0) is 23.2. The van der Waals surface area contributed by atoms with Crippen LogP contribution in [-0.4, -0.2) is 11.2 Å². The molecule has 170 valence electrons. The van der Waals surface area contributed by atoms with Gasteiger partial charge in [-0.2, -0.15) is 0 Å². The summed E-state index contributed by atoms with van der Waals surface area (Å²) in [7, 11) is 0. The molecule has 2 nitrogen and oxygen atoms in total. The number of hydrogen-bond donors (Lipinski definition) is 0. The van der Waals surface area contributed by atoms with Gasteiger partial charge in [0.25, 0.3) is 0 Å². The van der Waals surface area contributed by atoms with Crippen molar-refractivity contribution < 1.29 is 4.39 Å². The molecule has 0 radical (unpaired) electrons. The fourth-order valence-corrected chi connectivity index (χ4v) is 6.34. The molecule has 0 bridgehead atoms. The number of allylic oxidation sites excluding steroid dienone is 3. The van der Waals surface area contributed by atoms with Crippen molar-refractivity contribution >= 4 is 23.2 Å². The molecule has 0 amide bonds. The van der Waals surface area contributed by atoms with Gasteiger partial charge in [-0.05, 0) is 85.8 Å². The number of rotatable bonds is 4. The van der Waals surface area contributed by atoms with Crippen molar-refractivity contribution in [3.63, 3.8) is 0 Å². The van der Waals surface area contributed by atoms with Crippen molar-refractivity contribution in [3.05, 3.63) is 64.1 Å².